The molecule has 0 saturated carbocycles. The SMILES string of the molecule is CC[C@@H](C)COC(=S)N(C(=S)c1ccccc1)c1ccccc1. The van der Waals surface area contributed by atoms with Crippen molar-refractivity contribution in [2.24, 2.45) is 5.92 Å². The maximum Gasteiger partial charge on any atom is 0.269 e. The summed E-state index contributed by atoms with van der Waals surface area (Å²) in [7, 11) is 0. The zero-order valence-corrected chi connectivity index (χ0v) is 15.1. The van der Waals surface area contributed by atoms with Crippen molar-refractivity contribution in [2.45, 2.75) is 20.3 Å². The molecule has 2 rings (SSSR count). The van der Waals surface area contributed by atoms with Gasteiger partial charge in [0.1, 0.15) is 4.99 Å². The molecule has 0 saturated heterocycles. The van der Waals surface area contributed by atoms with Crippen molar-refractivity contribution in [3.8, 4) is 0 Å². The highest BCUT2D eigenvalue weighted by Crippen LogP contribution is 2.19. The van der Waals surface area contributed by atoms with Gasteiger partial charge in [0.25, 0.3) is 5.17 Å². The Labute approximate surface area is 149 Å². The molecule has 4 heteroatoms. The first kappa shape index (κ1) is 17.6. The van der Waals surface area contributed by atoms with Gasteiger partial charge in [-0.2, -0.15) is 0 Å². The molecule has 120 valence electrons. The van der Waals surface area contributed by atoms with E-state index in [4.69, 9.17) is 29.2 Å². The van der Waals surface area contributed by atoms with Crippen molar-refractivity contribution in [1.29, 1.82) is 0 Å². The fourth-order valence-corrected chi connectivity index (χ4v) is 2.64. The average molecular weight is 344 g/mol. The van der Waals surface area contributed by atoms with Crippen LogP contribution < -0.4 is 4.90 Å². The van der Waals surface area contributed by atoms with Crippen molar-refractivity contribution in [3.05, 3.63) is 66.2 Å². The summed E-state index contributed by atoms with van der Waals surface area (Å²) in [5.41, 5.74) is 1.86. The number of benzene rings is 2. The first-order chi connectivity index (χ1) is 11.1. The number of para-hydroxylation sites is 1. The summed E-state index contributed by atoms with van der Waals surface area (Å²) in [5, 5.41) is 0.394. The van der Waals surface area contributed by atoms with Crippen LogP contribution in [0.1, 0.15) is 25.8 Å². The summed E-state index contributed by atoms with van der Waals surface area (Å²) >= 11 is 11.2. The number of thiocarbonyl (C=S) groups is 2. The normalized spacial score (nSPS) is 11.6. The molecule has 0 radical (unpaired) electrons. The second-order valence-electron chi connectivity index (χ2n) is 5.43. The molecule has 1 atom stereocenters. The molecule has 0 aliphatic rings. The van der Waals surface area contributed by atoms with E-state index in [9.17, 15) is 0 Å². The minimum atomic E-state index is 0.394. The van der Waals surface area contributed by atoms with Crippen LogP contribution >= 0.6 is 24.4 Å². The lowest BCUT2D eigenvalue weighted by molar-refractivity contribution is 0.248. The molecule has 0 heterocycles. The summed E-state index contributed by atoms with van der Waals surface area (Å²) in [6, 6.07) is 19.7. The van der Waals surface area contributed by atoms with Gasteiger partial charge in [-0.25, -0.2) is 0 Å². The maximum atomic E-state index is 5.82. The maximum absolute atomic E-state index is 5.82. The van der Waals surface area contributed by atoms with Gasteiger partial charge in [-0.1, -0.05) is 81.0 Å². The summed E-state index contributed by atoms with van der Waals surface area (Å²) in [6.07, 6.45) is 1.05. The van der Waals surface area contributed by atoms with Crippen LogP contribution in [-0.2, 0) is 4.74 Å². The molecule has 0 fully saturated rings. The van der Waals surface area contributed by atoms with E-state index in [1.807, 2.05) is 65.6 Å². The van der Waals surface area contributed by atoms with Crippen LogP contribution in [0.5, 0.6) is 0 Å². The Hall–Kier alpha value is -1.78. The van der Waals surface area contributed by atoms with Gasteiger partial charge in [-0.3, -0.25) is 4.90 Å². The summed E-state index contributed by atoms with van der Waals surface area (Å²) in [6.45, 7) is 4.88. The number of rotatable bonds is 5. The summed E-state index contributed by atoms with van der Waals surface area (Å²) in [4.78, 5) is 2.47. The third-order valence-corrected chi connectivity index (χ3v) is 4.33. The highest BCUT2D eigenvalue weighted by molar-refractivity contribution is 7.82. The van der Waals surface area contributed by atoms with Crippen LogP contribution in [-0.4, -0.2) is 16.8 Å². The van der Waals surface area contributed by atoms with E-state index in [-0.39, 0.29) is 0 Å². The van der Waals surface area contributed by atoms with Crippen molar-refractivity contribution in [1.82, 2.24) is 0 Å². The van der Waals surface area contributed by atoms with Gasteiger partial charge in [-0.15, -0.1) is 0 Å². The monoisotopic (exact) mass is 343 g/mol. The van der Waals surface area contributed by atoms with Crippen molar-refractivity contribution in [3.63, 3.8) is 0 Å². The molecular weight excluding hydrogens is 322 g/mol. The largest absolute Gasteiger partial charge is 0.470 e. The number of hydrogen-bond acceptors (Lipinski definition) is 3. The lowest BCUT2D eigenvalue weighted by Gasteiger charge is -2.26. The number of hydrogen-bond donors (Lipinski definition) is 0. The topological polar surface area (TPSA) is 12.5 Å². The molecule has 0 aliphatic carbocycles. The number of ether oxygens (including phenoxy) is 1. The van der Waals surface area contributed by atoms with E-state index in [1.54, 1.807) is 0 Å². The Bertz CT molecular complexity index is 643. The van der Waals surface area contributed by atoms with Gasteiger partial charge >= 0.3 is 0 Å². The summed E-state index contributed by atoms with van der Waals surface area (Å²) < 4.78 is 5.82. The second-order valence-corrected chi connectivity index (χ2v) is 6.17. The van der Waals surface area contributed by atoms with E-state index >= 15 is 0 Å². The molecule has 0 spiro atoms. The molecule has 0 aliphatic heterocycles. The smallest absolute Gasteiger partial charge is 0.269 e. The molecule has 2 nitrogen and oxygen atoms in total. The van der Waals surface area contributed by atoms with Crippen LogP contribution in [0.15, 0.2) is 60.7 Å². The zero-order valence-electron chi connectivity index (χ0n) is 13.4. The zero-order chi connectivity index (χ0) is 16.7. The number of nitrogens with zero attached hydrogens (tertiary/aromatic N) is 1. The minimum Gasteiger partial charge on any atom is -0.470 e. The molecule has 2 aromatic rings. The number of anilines is 1. The quantitative estimate of drug-likeness (QED) is 0.690. The first-order valence-electron chi connectivity index (χ1n) is 7.74. The van der Waals surface area contributed by atoms with Gasteiger partial charge in [-0.05, 0) is 30.3 Å². The Morgan fingerprint density at radius 3 is 2.13 bits per heavy atom. The van der Waals surface area contributed by atoms with E-state index in [0.717, 1.165) is 17.7 Å². The minimum absolute atomic E-state index is 0.394. The van der Waals surface area contributed by atoms with Crippen LogP contribution in [0.2, 0.25) is 0 Å². The fourth-order valence-electron chi connectivity index (χ4n) is 1.99. The van der Waals surface area contributed by atoms with Gasteiger partial charge in [0.15, 0.2) is 0 Å². The van der Waals surface area contributed by atoms with Crippen LogP contribution in [0.25, 0.3) is 0 Å². The molecule has 2 aromatic carbocycles. The third kappa shape index (κ3) is 4.85. The van der Waals surface area contributed by atoms with Gasteiger partial charge < -0.3 is 4.74 Å². The predicted molar refractivity (Wildman–Crippen MR) is 105 cm³/mol. The van der Waals surface area contributed by atoms with Gasteiger partial charge in [0.2, 0.25) is 0 Å². The highest BCUT2D eigenvalue weighted by atomic mass is 32.1. The molecule has 0 amide bonds. The molecule has 0 N–H and O–H groups in total. The summed E-state index contributed by atoms with van der Waals surface area (Å²) in [5.74, 6) is 0.455. The Kier molecular flexibility index (Phi) is 6.68. The van der Waals surface area contributed by atoms with Crippen LogP contribution in [0.3, 0.4) is 0 Å². The molecule has 0 unspecified atom stereocenters. The predicted octanol–water partition coefficient (Wildman–Crippen LogP) is 5.22. The van der Waals surface area contributed by atoms with Gasteiger partial charge in [0.05, 0.1) is 12.3 Å². The standard InChI is InChI=1S/C19H21NOS2/c1-3-15(2)14-21-19(23)20(17-12-8-5-9-13-17)18(22)16-10-6-4-7-11-16/h4-13,15H,3,14H2,1-2H3/t15-/m1/s1. The lowest BCUT2D eigenvalue weighted by Crippen LogP contribution is -2.37. The molecule has 0 aromatic heterocycles. The van der Waals surface area contributed by atoms with Crippen LogP contribution in [0, 0.1) is 5.92 Å². The van der Waals surface area contributed by atoms with E-state index < -0.39 is 0 Å². The highest BCUT2D eigenvalue weighted by Gasteiger charge is 2.20. The van der Waals surface area contributed by atoms with E-state index in [0.29, 0.717) is 22.7 Å². The Morgan fingerprint density at radius 1 is 1.00 bits per heavy atom. The Balaban J connectivity index is 2.26. The van der Waals surface area contributed by atoms with Crippen molar-refractivity contribution < 1.29 is 4.74 Å². The molecular formula is C19H21NOS2. The van der Waals surface area contributed by atoms with E-state index in [2.05, 4.69) is 13.8 Å². The first-order valence-corrected chi connectivity index (χ1v) is 8.56. The second kappa shape index (κ2) is 8.75. The fraction of sp³-hybridized carbons (Fsp3) is 0.263. The van der Waals surface area contributed by atoms with E-state index in [1.165, 1.54) is 0 Å². The third-order valence-electron chi connectivity index (χ3n) is 3.61. The molecule has 23 heavy (non-hydrogen) atoms. The van der Waals surface area contributed by atoms with Crippen molar-refractivity contribution in [2.75, 3.05) is 11.5 Å². The Morgan fingerprint density at radius 2 is 1.57 bits per heavy atom. The molecule has 0 bridgehead atoms. The lowest BCUT2D eigenvalue weighted by atomic mass is 10.1. The van der Waals surface area contributed by atoms with Crippen molar-refractivity contribution >= 4 is 40.3 Å². The van der Waals surface area contributed by atoms with Gasteiger partial charge in [0, 0.05) is 5.56 Å². The average Bonchev–Trinajstić information content (AvgIpc) is 2.61. The van der Waals surface area contributed by atoms with Crippen LogP contribution in [0.4, 0.5) is 5.69 Å².